The van der Waals surface area contributed by atoms with Crippen LogP contribution in [0.3, 0.4) is 0 Å². The van der Waals surface area contributed by atoms with Crippen LogP contribution in [0.1, 0.15) is 27.7 Å². The average Bonchev–Trinajstić information content (AvgIpc) is 1.87. The molecular formula is C9H16O2. The van der Waals surface area contributed by atoms with Crippen molar-refractivity contribution >= 4 is 5.97 Å². The maximum Gasteiger partial charge on any atom is 0.330 e. The molecule has 0 aromatic carbocycles. The summed E-state index contributed by atoms with van der Waals surface area (Å²) in [6.45, 7) is 7.81. The number of rotatable bonds is 3. The summed E-state index contributed by atoms with van der Waals surface area (Å²) < 4.78 is 0. The lowest BCUT2D eigenvalue weighted by Crippen LogP contribution is -2.04. The molecule has 1 atom stereocenters. The number of aliphatic carboxylic acids is 1. The average molecular weight is 156 g/mol. The molecule has 0 aromatic heterocycles. The SMILES string of the molecule is C/C(=C/C(C)C(C)C)C(=O)O. The van der Waals surface area contributed by atoms with E-state index in [1.807, 2.05) is 6.92 Å². The lowest BCUT2D eigenvalue weighted by molar-refractivity contribution is -0.132. The summed E-state index contributed by atoms with van der Waals surface area (Å²) in [7, 11) is 0. The molecule has 11 heavy (non-hydrogen) atoms. The van der Waals surface area contributed by atoms with Gasteiger partial charge in [0, 0.05) is 5.57 Å². The summed E-state index contributed by atoms with van der Waals surface area (Å²) in [6.07, 6.45) is 1.80. The number of carboxylic acids is 1. The summed E-state index contributed by atoms with van der Waals surface area (Å²) in [6, 6.07) is 0. The predicted molar refractivity (Wildman–Crippen MR) is 45.4 cm³/mol. The van der Waals surface area contributed by atoms with Crippen molar-refractivity contribution in [3.05, 3.63) is 11.6 Å². The Morgan fingerprint density at radius 1 is 1.36 bits per heavy atom. The van der Waals surface area contributed by atoms with E-state index >= 15 is 0 Å². The molecule has 1 unspecified atom stereocenters. The van der Waals surface area contributed by atoms with E-state index in [1.165, 1.54) is 0 Å². The Morgan fingerprint density at radius 2 is 1.82 bits per heavy atom. The molecule has 1 N–H and O–H groups in total. The van der Waals surface area contributed by atoms with Crippen molar-refractivity contribution in [2.75, 3.05) is 0 Å². The largest absolute Gasteiger partial charge is 0.478 e. The van der Waals surface area contributed by atoms with Gasteiger partial charge in [-0.05, 0) is 18.8 Å². The van der Waals surface area contributed by atoms with Gasteiger partial charge in [0.1, 0.15) is 0 Å². The number of allylic oxidation sites excluding steroid dienone is 1. The third kappa shape index (κ3) is 3.81. The van der Waals surface area contributed by atoms with Crippen LogP contribution < -0.4 is 0 Å². The van der Waals surface area contributed by atoms with Crippen LogP contribution in [0.25, 0.3) is 0 Å². The van der Waals surface area contributed by atoms with E-state index in [9.17, 15) is 4.79 Å². The first-order chi connectivity index (χ1) is 4.95. The molecule has 0 spiro atoms. The highest BCUT2D eigenvalue weighted by Crippen LogP contribution is 2.13. The number of hydrogen-bond donors (Lipinski definition) is 1. The molecule has 0 aliphatic carbocycles. The summed E-state index contributed by atoms with van der Waals surface area (Å²) in [4.78, 5) is 10.4. The van der Waals surface area contributed by atoms with E-state index in [0.29, 0.717) is 17.4 Å². The van der Waals surface area contributed by atoms with E-state index < -0.39 is 5.97 Å². The third-order valence-electron chi connectivity index (χ3n) is 1.90. The topological polar surface area (TPSA) is 37.3 Å². The maximum atomic E-state index is 10.4. The summed E-state index contributed by atoms with van der Waals surface area (Å²) in [5, 5.41) is 8.54. The minimum Gasteiger partial charge on any atom is -0.478 e. The van der Waals surface area contributed by atoms with Crippen molar-refractivity contribution in [1.29, 1.82) is 0 Å². The Morgan fingerprint density at radius 3 is 2.09 bits per heavy atom. The normalized spacial score (nSPS) is 15.2. The second kappa shape index (κ2) is 4.16. The van der Waals surface area contributed by atoms with E-state index in [-0.39, 0.29) is 0 Å². The minimum atomic E-state index is -0.822. The Hall–Kier alpha value is -0.790. The molecule has 0 bridgehead atoms. The van der Waals surface area contributed by atoms with Gasteiger partial charge in [-0.2, -0.15) is 0 Å². The van der Waals surface area contributed by atoms with Gasteiger partial charge in [-0.15, -0.1) is 0 Å². The molecule has 0 aliphatic rings. The summed E-state index contributed by atoms with van der Waals surface area (Å²) in [5.41, 5.74) is 0.436. The van der Waals surface area contributed by atoms with E-state index in [0.717, 1.165) is 0 Å². The summed E-state index contributed by atoms with van der Waals surface area (Å²) >= 11 is 0. The Bertz CT molecular complexity index is 168. The molecular weight excluding hydrogens is 140 g/mol. The van der Waals surface area contributed by atoms with Crippen LogP contribution in [0.2, 0.25) is 0 Å². The molecule has 0 amide bonds. The van der Waals surface area contributed by atoms with Crippen LogP contribution in [-0.4, -0.2) is 11.1 Å². The van der Waals surface area contributed by atoms with Gasteiger partial charge in [0.2, 0.25) is 0 Å². The molecule has 0 rings (SSSR count). The highest BCUT2D eigenvalue weighted by molar-refractivity contribution is 5.85. The Balaban J connectivity index is 4.19. The van der Waals surface area contributed by atoms with E-state index in [1.54, 1.807) is 13.0 Å². The van der Waals surface area contributed by atoms with Gasteiger partial charge >= 0.3 is 5.97 Å². The molecule has 0 aromatic rings. The Labute approximate surface area is 67.9 Å². The molecule has 0 heterocycles. The fourth-order valence-corrected chi connectivity index (χ4v) is 0.658. The number of carbonyl (C=O) groups is 1. The van der Waals surface area contributed by atoms with Crippen LogP contribution in [0.15, 0.2) is 11.6 Å². The third-order valence-corrected chi connectivity index (χ3v) is 1.90. The van der Waals surface area contributed by atoms with Gasteiger partial charge in [-0.25, -0.2) is 4.79 Å². The van der Waals surface area contributed by atoms with Crippen LogP contribution in [0.5, 0.6) is 0 Å². The highest BCUT2D eigenvalue weighted by Gasteiger charge is 2.06. The van der Waals surface area contributed by atoms with Gasteiger partial charge in [0.15, 0.2) is 0 Å². The predicted octanol–water partition coefficient (Wildman–Crippen LogP) is 2.31. The van der Waals surface area contributed by atoms with Gasteiger partial charge in [-0.3, -0.25) is 0 Å². The van der Waals surface area contributed by atoms with Gasteiger partial charge in [-0.1, -0.05) is 26.8 Å². The van der Waals surface area contributed by atoms with Crippen molar-refractivity contribution in [1.82, 2.24) is 0 Å². The molecule has 0 saturated carbocycles. The number of carboxylic acid groups (broad SMARTS) is 1. The van der Waals surface area contributed by atoms with E-state index in [2.05, 4.69) is 13.8 Å². The standard InChI is InChI=1S/C9H16O2/c1-6(2)7(3)5-8(4)9(10)11/h5-7H,1-4H3,(H,10,11)/b8-5-. The van der Waals surface area contributed by atoms with Crippen molar-refractivity contribution in [2.24, 2.45) is 11.8 Å². The molecule has 0 fully saturated rings. The smallest absolute Gasteiger partial charge is 0.330 e. The fourth-order valence-electron chi connectivity index (χ4n) is 0.658. The van der Waals surface area contributed by atoms with Crippen LogP contribution >= 0.6 is 0 Å². The van der Waals surface area contributed by atoms with Crippen molar-refractivity contribution in [3.8, 4) is 0 Å². The first-order valence-corrected chi connectivity index (χ1v) is 3.87. The lowest BCUT2D eigenvalue weighted by atomic mass is 9.96. The van der Waals surface area contributed by atoms with Gasteiger partial charge < -0.3 is 5.11 Å². The van der Waals surface area contributed by atoms with Crippen molar-refractivity contribution in [3.63, 3.8) is 0 Å². The highest BCUT2D eigenvalue weighted by atomic mass is 16.4. The molecule has 2 nitrogen and oxygen atoms in total. The quantitative estimate of drug-likeness (QED) is 0.636. The van der Waals surface area contributed by atoms with Crippen LogP contribution in [-0.2, 0) is 4.79 Å². The van der Waals surface area contributed by atoms with Crippen molar-refractivity contribution in [2.45, 2.75) is 27.7 Å². The zero-order valence-corrected chi connectivity index (χ0v) is 7.59. The van der Waals surface area contributed by atoms with Gasteiger partial charge in [0.25, 0.3) is 0 Å². The van der Waals surface area contributed by atoms with Crippen molar-refractivity contribution < 1.29 is 9.90 Å². The zero-order chi connectivity index (χ0) is 9.02. The Kier molecular flexibility index (Phi) is 3.86. The van der Waals surface area contributed by atoms with E-state index in [4.69, 9.17) is 5.11 Å². The minimum absolute atomic E-state index is 0.339. The first kappa shape index (κ1) is 10.2. The lowest BCUT2D eigenvalue weighted by Gasteiger charge is -2.10. The molecule has 2 heteroatoms. The fraction of sp³-hybridized carbons (Fsp3) is 0.667. The monoisotopic (exact) mass is 156 g/mol. The second-order valence-corrected chi connectivity index (χ2v) is 3.26. The second-order valence-electron chi connectivity index (χ2n) is 3.26. The molecule has 0 saturated heterocycles. The zero-order valence-electron chi connectivity index (χ0n) is 7.59. The molecule has 64 valence electrons. The maximum absolute atomic E-state index is 10.4. The van der Waals surface area contributed by atoms with Crippen LogP contribution in [0, 0.1) is 11.8 Å². The molecule has 0 aliphatic heterocycles. The summed E-state index contributed by atoms with van der Waals surface area (Å²) in [5.74, 6) is 0.0212. The van der Waals surface area contributed by atoms with Gasteiger partial charge in [0.05, 0.1) is 0 Å². The van der Waals surface area contributed by atoms with Crippen LogP contribution in [0.4, 0.5) is 0 Å². The molecule has 0 radical (unpaired) electrons. The number of hydrogen-bond acceptors (Lipinski definition) is 1. The first-order valence-electron chi connectivity index (χ1n) is 3.87.